The molecule has 0 radical (unpaired) electrons. The van der Waals surface area contributed by atoms with Crippen LogP contribution >= 0.6 is 15.9 Å². The lowest BCUT2D eigenvalue weighted by molar-refractivity contribution is 0.886. The highest BCUT2D eigenvalue weighted by atomic mass is 79.9. The molecule has 0 aliphatic heterocycles. The Labute approximate surface area is 125 Å². The molecule has 0 fully saturated rings. The maximum atomic E-state index is 12.7. The summed E-state index contributed by atoms with van der Waals surface area (Å²) in [6.07, 6.45) is 0. The standard InChI is InChI=1S/C16H13BrN2O/c1-10-13(17)7-5-9-15(10)19-11(2)18-14-8-4-3-6-12(14)16(19)20/h3-9H,1-2H3. The van der Waals surface area contributed by atoms with E-state index in [2.05, 4.69) is 20.9 Å². The predicted molar refractivity (Wildman–Crippen MR) is 84.5 cm³/mol. The Morgan fingerprint density at radius 1 is 1.05 bits per heavy atom. The molecular formula is C16H13BrN2O. The zero-order chi connectivity index (χ0) is 14.3. The van der Waals surface area contributed by atoms with E-state index in [1.807, 2.05) is 56.3 Å². The van der Waals surface area contributed by atoms with Gasteiger partial charge in [0.1, 0.15) is 5.82 Å². The van der Waals surface area contributed by atoms with Gasteiger partial charge in [-0.25, -0.2) is 4.98 Å². The normalized spacial score (nSPS) is 10.9. The summed E-state index contributed by atoms with van der Waals surface area (Å²) >= 11 is 3.51. The Hall–Kier alpha value is -1.94. The number of rotatable bonds is 1. The van der Waals surface area contributed by atoms with Gasteiger partial charge < -0.3 is 0 Å². The fraction of sp³-hybridized carbons (Fsp3) is 0.125. The molecule has 0 amide bonds. The van der Waals surface area contributed by atoms with E-state index in [0.29, 0.717) is 11.2 Å². The maximum Gasteiger partial charge on any atom is 0.265 e. The van der Waals surface area contributed by atoms with Crippen molar-refractivity contribution in [2.45, 2.75) is 13.8 Å². The van der Waals surface area contributed by atoms with Crippen LogP contribution in [-0.4, -0.2) is 9.55 Å². The van der Waals surface area contributed by atoms with Crippen molar-refractivity contribution >= 4 is 26.8 Å². The van der Waals surface area contributed by atoms with Crippen LogP contribution in [0.5, 0.6) is 0 Å². The van der Waals surface area contributed by atoms with Gasteiger partial charge in [0.2, 0.25) is 0 Å². The van der Waals surface area contributed by atoms with Crippen LogP contribution in [0.15, 0.2) is 51.7 Å². The zero-order valence-electron chi connectivity index (χ0n) is 11.2. The van der Waals surface area contributed by atoms with Gasteiger partial charge in [0, 0.05) is 4.47 Å². The predicted octanol–water partition coefficient (Wildman–Crippen LogP) is 3.77. The summed E-state index contributed by atoms with van der Waals surface area (Å²) in [6, 6.07) is 13.3. The number of aromatic nitrogens is 2. The van der Waals surface area contributed by atoms with Gasteiger partial charge in [-0.2, -0.15) is 0 Å². The highest BCUT2D eigenvalue weighted by Gasteiger charge is 2.12. The first-order valence-electron chi connectivity index (χ1n) is 6.33. The Bertz CT molecular complexity index is 868. The van der Waals surface area contributed by atoms with Crippen molar-refractivity contribution < 1.29 is 0 Å². The van der Waals surface area contributed by atoms with Gasteiger partial charge in [0.15, 0.2) is 0 Å². The van der Waals surface area contributed by atoms with Gasteiger partial charge >= 0.3 is 0 Å². The van der Waals surface area contributed by atoms with E-state index < -0.39 is 0 Å². The summed E-state index contributed by atoms with van der Waals surface area (Å²) in [7, 11) is 0. The molecule has 0 saturated heterocycles. The van der Waals surface area contributed by atoms with Crippen LogP contribution in [0, 0.1) is 13.8 Å². The molecule has 3 rings (SSSR count). The number of fused-ring (bicyclic) bond motifs is 1. The summed E-state index contributed by atoms with van der Waals surface area (Å²) in [5.74, 6) is 0.690. The van der Waals surface area contributed by atoms with Crippen molar-refractivity contribution in [3.05, 3.63) is 68.7 Å². The SMILES string of the molecule is Cc1c(Br)cccc1-n1c(C)nc2ccccc2c1=O. The third-order valence-corrected chi connectivity index (χ3v) is 4.28. The fourth-order valence-corrected chi connectivity index (χ4v) is 2.72. The third-order valence-electron chi connectivity index (χ3n) is 3.42. The number of aryl methyl sites for hydroxylation is 1. The fourth-order valence-electron chi connectivity index (χ4n) is 2.37. The number of halogens is 1. The zero-order valence-corrected chi connectivity index (χ0v) is 12.8. The highest BCUT2D eigenvalue weighted by Crippen LogP contribution is 2.23. The van der Waals surface area contributed by atoms with Gasteiger partial charge in [0.25, 0.3) is 5.56 Å². The quantitative estimate of drug-likeness (QED) is 0.681. The van der Waals surface area contributed by atoms with Gasteiger partial charge in [-0.3, -0.25) is 9.36 Å². The van der Waals surface area contributed by atoms with E-state index in [1.165, 1.54) is 0 Å². The van der Waals surface area contributed by atoms with E-state index in [-0.39, 0.29) is 5.56 Å². The van der Waals surface area contributed by atoms with Crippen LogP contribution in [0.25, 0.3) is 16.6 Å². The molecule has 0 spiro atoms. The van der Waals surface area contributed by atoms with Crippen LogP contribution in [0.2, 0.25) is 0 Å². The minimum absolute atomic E-state index is 0.0331. The van der Waals surface area contributed by atoms with Crippen LogP contribution < -0.4 is 5.56 Å². The number of nitrogens with zero attached hydrogens (tertiary/aromatic N) is 2. The molecule has 4 heteroatoms. The molecule has 0 aliphatic rings. The van der Waals surface area contributed by atoms with Crippen LogP contribution in [-0.2, 0) is 0 Å². The highest BCUT2D eigenvalue weighted by molar-refractivity contribution is 9.10. The first kappa shape index (κ1) is 13.1. The monoisotopic (exact) mass is 328 g/mol. The number of para-hydroxylation sites is 1. The van der Waals surface area contributed by atoms with Gasteiger partial charge in [0.05, 0.1) is 16.6 Å². The molecule has 0 bridgehead atoms. The molecule has 0 atom stereocenters. The first-order valence-corrected chi connectivity index (χ1v) is 7.13. The molecule has 0 unspecified atom stereocenters. The lowest BCUT2D eigenvalue weighted by Gasteiger charge is -2.14. The molecule has 1 aromatic heterocycles. The summed E-state index contributed by atoms with van der Waals surface area (Å²) < 4.78 is 2.65. The van der Waals surface area contributed by atoms with Gasteiger partial charge in [-0.15, -0.1) is 0 Å². The first-order chi connectivity index (χ1) is 9.59. The van der Waals surface area contributed by atoms with E-state index >= 15 is 0 Å². The average Bonchev–Trinajstić information content (AvgIpc) is 2.43. The van der Waals surface area contributed by atoms with E-state index in [0.717, 1.165) is 21.2 Å². The Morgan fingerprint density at radius 2 is 1.80 bits per heavy atom. The van der Waals surface area contributed by atoms with Crippen molar-refractivity contribution in [2.75, 3.05) is 0 Å². The summed E-state index contributed by atoms with van der Waals surface area (Å²) in [6.45, 7) is 3.84. The van der Waals surface area contributed by atoms with Crippen molar-refractivity contribution in [1.82, 2.24) is 9.55 Å². The van der Waals surface area contributed by atoms with Gasteiger partial charge in [-0.05, 0) is 43.7 Å². The molecule has 3 nitrogen and oxygen atoms in total. The molecule has 2 aromatic carbocycles. The second-order valence-electron chi connectivity index (χ2n) is 4.70. The van der Waals surface area contributed by atoms with Crippen molar-refractivity contribution in [3.8, 4) is 5.69 Å². The molecule has 20 heavy (non-hydrogen) atoms. The maximum absolute atomic E-state index is 12.7. The van der Waals surface area contributed by atoms with Gasteiger partial charge in [-0.1, -0.05) is 34.1 Å². The van der Waals surface area contributed by atoms with Crippen LogP contribution in [0.3, 0.4) is 0 Å². The molecule has 3 aromatic rings. The topological polar surface area (TPSA) is 34.9 Å². The second kappa shape index (κ2) is 4.87. The van der Waals surface area contributed by atoms with E-state index in [4.69, 9.17) is 0 Å². The van der Waals surface area contributed by atoms with Crippen molar-refractivity contribution in [1.29, 1.82) is 0 Å². The summed E-state index contributed by atoms with van der Waals surface area (Å²) in [5, 5.41) is 0.637. The summed E-state index contributed by atoms with van der Waals surface area (Å²) in [4.78, 5) is 17.3. The lowest BCUT2D eigenvalue weighted by atomic mass is 10.2. The Morgan fingerprint density at radius 3 is 2.60 bits per heavy atom. The van der Waals surface area contributed by atoms with Crippen LogP contribution in [0.1, 0.15) is 11.4 Å². The number of hydrogen-bond acceptors (Lipinski definition) is 2. The molecule has 0 saturated carbocycles. The average molecular weight is 329 g/mol. The minimum Gasteiger partial charge on any atom is -0.268 e. The van der Waals surface area contributed by atoms with E-state index in [9.17, 15) is 4.79 Å². The van der Waals surface area contributed by atoms with Crippen molar-refractivity contribution in [3.63, 3.8) is 0 Å². The summed E-state index contributed by atoms with van der Waals surface area (Å²) in [5.41, 5.74) is 2.59. The van der Waals surface area contributed by atoms with Crippen molar-refractivity contribution in [2.24, 2.45) is 0 Å². The second-order valence-corrected chi connectivity index (χ2v) is 5.56. The number of hydrogen-bond donors (Lipinski definition) is 0. The third kappa shape index (κ3) is 1.96. The molecule has 100 valence electrons. The Kier molecular flexibility index (Phi) is 3.18. The molecule has 0 N–H and O–H groups in total. The molecule has 1 heterocycles. The smallest absolute Gasteiger partial charge is 0.265 e. The minimum atomic E-state index is -0.0331. The lowest BCUT2D eigenvalue weighted by Crippen LogP contribution is -2.23. The molecular weight excluding hydrogens is 316 g/mol. The largest absolute Gasteiger partial charge is 0.268 e. The van der Waals surface area contributed by atoms with Crippen LogP contribution in [0.4, 0.5) is 0 Å². The molecule has 0 aliphatic carbocycles. The Balaban J connectivity index is 2.43. The van der Waals surface area contributed by atoms with E-state index in [1.54, 1.807) is 4.57 Å². The number of benzene rings is 2.